The summed E-state index contributed by atoms with van der Waals surface area (Å²) in [5.41, 5.74) is 0. The summed E-state index contributed by atoms with van der Waals surface area (Å²) < 4.78 is 61.3. The Balaban J connectivity index is 4.58. The second-order valence-electron chi connectivity index (χ2n) is 29.6. The maximum absolute atomic E-state index is 13.0. The third-order valence-electron chi connectivity index (χ3n) is 18.6. The van der Waals surface area contributed by atoms with Crippen LogP contribution in [-0.2, 0) is 55.8 Å². The van der Waals surface area contributed by atoms with Crippen molar-refractivity contribution in [3.63, 3.8) is 0 Å². The average molecular weight is 1650 g/mol. The molecular formula is C97H162O16P2. The fourth-order valence-electron chi connectivity index (χ4n) is 11.8. The van der Waals surface area contributed by atoms with E-state index in [9.17, 15) is 43.5 Å². The summed E-state index contributed by atoms with van der Waals surface area (Å²) >= 11 is 0. The van der Waals surface area contributed by atoms with Crippen molar-refractivity contribution < 1.29 is 75.8 Å². The van der Waals surface area contributed by atoms with E-state index in [0.29, 0.717) is 25.7 Å². The zero-order valence-electron chi connectivity index (χ0n) is 72.1. The molecule has 4 N–H and O–H groups in total. The normalized spacial score (nSPS) is 14.7. The van der Waals surface area contributed by atoms with E-state index in [0.717, 1.165) is 135 Å². The highest BCUT2D eigenvalue weighted by molar-refractivity contribution is 7.47. The van der Waals surface area contributed by atoms with E-state index >= 15 is 0 Å². The van der Waals surface area contributed by atoms with Crippen LogP contribution in [0.1, 0.15) is 355 Å². The summed E-state index contributed by atoms with van der Waals surface area (Å²) in [5, 5.41) is 20.7. The lowest BCUT2D eigenvalue weighted by Crippen LogP contribution is -2.29. The smallest absolute Gasteiger partial charge is 0.463 e. The van der Waals surface area contributed by atoms with Crippen LogP contribution in [0.2, 0.25) is 0 Å². The molecule has 0 aromatic rings. The Bertz CT molecular complexity index is 2820. The molecule has 0 amide bonds. The number of phosphoric ester groups is 2. The van der Waals surface area contributed by atoms with Crippen LogP contribution in [0.3, 0.4) is 0 Å². The molecular weight excluding hydrogens is 1480 g/mol. The minimum Gasteiger partial charge on any atom is -0.463 e. The molecule has 0 aliphatic rings. The van der Waals surface area contributed by atoms with Crippen molar-refractivity contribution in [2.45, 2.75) is 373 Å². The molecule has 0 heterocycles. The van der Waals surface area contributed by atoms with Gasteiger partial charge >= 0.3 is 33.6 Å². The van der Waals surface area contributed by atoms with Crippen molar-refractivity contribution in [1.82, 2.24) is 0 Å². The number of hydrogen-bond donors (Lipinski definition) is 4. The van der Waals surface area contributed by atoms with Gasteiger partial charge in [-0.3, -0.25) is 32.5 Å². The number of esters is 3. The van der Waals surface area contributed by atoms with Crippen LogP contribution in [0, 0.1) is 0 Å². The third kappa shape index (κ3) is 89.3. The molecule has 0 radical (unpaired) electrons. The number of rotatable bonds is 84. The summed E-state index contributed by atoms with van der Waals surface area (Å²) in [6.07, 6.45) is 115. The van der Waals surface area contributed by atoms with Gasteiger partial charge in [-0.05, 0) is 148 Å². The molecule has 0 spiro atoms. The quantitative estimate of drug-likeness (QED) is 0.0146. The van der Waals surface area contributed by atoms with Gasteiger partial charge in [-0.25, -0.2) is 9.13 Å². The van der Waals surface area contributed by atoms with E-state index in [4.69, 9.17) is 32.3 Å². The second-order valence-corrected chi connectivity index (χ2v) is 32.5. The van der Waals surface area contributed by atoms with E-state index in [1.165, 1.54) is 154 Å². The molecule has 0 aliphatic carbocycles. The first-order valence-electron chi connectivity index (χ1n) is 45.1. The first kappa shape index (κ1) is 110. The number of hydrogen-bond acceptors (Lipinski definition) is 14. The highest BCUT2D eigenvalue weighted by Crippen LogP contribution is 2.45. The van der Waals surface area contributed by atoms with E-state index in [1.807, 2.05) is 18.2 Å². The van der Waals surface area contributed by atoms with Crippen LogP contribution in [0.4, 0.5) is 0 Å². The monoisotopic (exact) mass is 1650 g/mol. The number of carbonyl (C=O) groups excluding carboxylic acids is 3. The highest BCUT2D eigenvalue weighted by Gasteiger charge is 2.29. The van der Waals surface area contributed by atoms with Crippen molar-refractivity contribution in [2.75, 3.05) is 39.6 Å². The van der Waals surface area contributed by atoms with Gasteiger partial charge in [0, 0.05) is 19.3 Å². The van der Waals surface area contributed by atoms with E-state index in [1.54, 1.807) is 0 Å². The van der Waals surface area contributed by atoms with Crippen molar-refractivity contribution in [3.8, 4) is 0 Å². The van der Waals surface area contributed by atoms with Gasteiger partial charge in [0.25, 0.3) is 0 Å². The molecule has 0 aromatic carbocycles. The second kappa shape index (κ2) is 87.9. The topological polar surface area (TPSA) is 231 Å². The van der Waals surface area contributed by atoms with Crippen LogP contribution in [-0.4, -0.2) is 95.9 Å². The maximum atomic E-state index is 13.0. The number of aliphatic hydroxyl groups excluding tert-OH is 2. The van der Waals surface area contributed by atoms with Gasteiger partial charge in [-0.15, -0.1) is 0 Å². The predicted molar refractivity (Wildman–Crippen MR) is 481 cm³/mol. The molecule has 0 saturated heterocycles. The van der Waals surface area contributed by atoms with Crippen LogP contribution in [0.15, 0.2) is 182 Å². The van der Waals surface area contributed by atoms with Crippen molar-refractivity contribution in [1.29, 1.82) is 0 Å². The summed E-state index contributed by atoms with van der Waals surface area (Å²) in [6, 6.07) is 0. The maximum Gasteiger partial charge on any atom is 0.472 e. The first-order valence-corrected chi connectivity index (χ1v) is 48.1. The Hall–Kier alpha value is -5.35. The Labute approximate surface area is 700 Å². The van der Waals surface area contributed by atoms with E-state index in [-0.39, 0.29) is 19.3 Å². The third-order valence-corrected chi connectivity index (χ3v) is 20.5. The van der Waals surface area contributed by atoms with Gasteiger partial charge in [0.15, 0.2) is 6.10 Å². The number of allylic oxidation sites excluding steroid dienone is 30. The van der Waals surface area contributed by atoms with Crippen LogP contribution < -0.4 is 0 Å². The average Bonchev–Trinajstić information content (AvgIpc) is 0.893. The molecule has 0 saturated carbocycles. The van der Waals surface area contributed by atoms with Crippen LogP contribution in [0.25, 0.3) is 0 Å². The Morgan fingerprint density at radius 2 is 0.478 bits per heavy atom. The lowest BCUT2D eigenvalue weighted by molar-refractivity contribution is -0.161. The minimum atomic E-state index is -4.96. The van der Waals surface area contributed by atoms with E-state index in [2.05, 4.69) is 185 Å². The molecule has 16 nitrogen and oxygen atoms in total. The largest absolute Gasteiger partial charge is 0.472 e. The predicted octanol–water partition coefficient (Wildman–Crippen LogP) is 27.7. The van der Waals surface area contributed by atoms with Gasteiger partial charge in [-0.2, -0.15) is 0 Å². The minimum absolute atomic E-state index is 0.0267. The molecule has 18 heteroatoms. The van der Waals surface area contributed by atoms with Gasteiger partial charge in [-0.1, -0.05) is 370 Å². The van der Waals surface area contributed by atoms with Gasteiger partial charge < -0.3 is 34.2 Å². The molecule has 5 unspecified atom stereocenters. The summed E-state index contributed by atoms with van der Waals surface area (Å²) in [7, 11) is -9.84. The summed E-state index contributed by atoms with van der Waals surface area (Å²) in [6.45, 7) is 2.36. The van der Waals surface area contributed by atoms with Gasteiger partial charge in [0.05, 0.1) is 26.4 Å². The standard InChI is InChI=1S/C97H162O16P2/c1-4-7-10-13-16-19-22-25-28-31-34-36-38-40-42-43-44-45-46-47-49-51-52-54-57-59-62-65-68-71-74-77-80-83-95(100)107-86-92(98)87-109-114(103,104)110-88-93(99)89-111-115(105,106)112-91-94(113-97(102)85-82-79-76-73-70-67-64-61-56-33-30-27-24-21-18-15-12-9-6-3)90-108-96(101)84-81-78-75-72-69-66-63-60-58-55-53-50-48-41-39-37-35-32-29-26-23-20-17-14-11-8-5-2/h8-9,11-12,16-21,25-30,34-37,40-42,48,56,61,67,70,76,79,92-94,98-99H,4-7,10,13-15,22-24,31-33,38-39,43-47,49-55,57-60,62-66,68-69,71-75,77-78,80-91H2,1-3H3,(H,103,104)(H,105,106)/b11-8-,12-9-,19-16-,20-17-,21-18-,28-25-,29-26-,30-27-,36-34-,37-35-,42-40-,48-41-,61-56-,70-67-,79-76-. The Morgan fingerprint density at radius 1 is 0.252 bits per heavy atom. The van der Waals surface area contributed by atoms with E-state index < -0.39 is 91.5 Å². The SMILES string of the molecule is CC/C=C\C/C=C\C/C=C\C/C=C\C/C=C\C/C=C\CCC(=O)OC(COC(=O)CCCCCCCCCCCCC/C=C\C/C=C\C/C=C\C/C=C\C/C=C\CC)COP(=O)(O)OCC(O)COP(=O)(O)OCC(O)COC(=O)CCCCCCCCCCCCCCCCCCC/C=C\C/C=C\C/C=C\C/C=C\CCCCC. The summed E-state index contributed by atoms with van der Waals surface area (Å²) in [4.78, 5) is 58.9. The van der Waals surface area contributed by atoms with Gasteiger partial charge in [0.1, 0.15) is 25.4 Å². The first-order chi connectivity index (χ1) is 56.2. The fourth-order valence-corrected chi connectivity index (χ4v) is 13.4. The fraction of sp³-hybridized carbons (Fsp3) is 0.660. The number of ether oxygens (including phenoxy) is 3. The molecule has 0 fully saturated rings. The van der Waals surface area contributed by atoms with Crippen molar-refractivity contribution in [2.24, 2.45) is 0 Å². The molecule has 0 rings (SSSR count). The zero-order chi connectivity index (χ0) is 83.6. The van der Waals surface area contributed by atoms with Crippen molar-refractivity contribution >= 4 is 33.6 Å². The number of aliphatic hydroxyl groups is 2. The molecule has 0 aliphatic heterocycles. The number of carbonyl (C=O) groups is 3. The van der Waals surface area contributed by atoms with Crippen molar-refractivity contribution in [3.05, 3.63) is 182 Å². The molecule has 5 atom stereocenters. The summed E-state index contributed by atoms with van der Waals surface area (Å²) in [5.74, 6) is -1.68. The highest BCUT2D eigenvalue weighted by atomic mass is 31.2. The Kier molecular flexibility index (Phi) is 83.9. The molecule has 656 valence electrons. The molecule has 0 bridgehead atoms. The lowest BCUT2D eigenvalue weighted by atomic mass is 10.0. The Morgan fingerprint density at radius 3 is 0.765 bits per heavy atom. The zero-order valence-corrected chi connectivity index (χ0v) is 73.9. The molecule has 0 aromatic heterocycles. The molecule has 115 heavy (non-hydrogen) atoms. The van der Waals surface area contributed by atoms with Gasteiger partial charge in [0.2, 0.25) is 0 Å². The lowest BCUT2D eigenvalue weighted by Gasteiger charge is -2.21. The number of unbranched alkanes of at least 4 members (excludes halogenated alkanes) is 31. The van der Waals surface area contributed by atoms with Crippen LogP contribution >= 0.6 is 15.6 Å². The van der Waals surface area contributed by atoms with Crippen LogP contribution in [0.5, 0.6) is 0 Å². The number of phosphoric acid groups is 2.